The highest BCUT2D eigenvalue weighted by molar-refractivity contribution is 6.02. The van der Waals surface area contributed by atoms with Crippen LogP contribution in [0, 0.1) is 0 Å². The van der Waals surface area contributed by atoms with Crippen LogP contribution >= 0.6 is 0 Å². The largest absolute Gasteiger partial charge is 0.497 e. The molecule has 3 saturated heterocycles. The molecule has 1 spiro atoms. The highest BCUT2D eigenvalue weighted by Gasteiger charge is 2.73. The molecular weight excluding hydrogens is 458 g/mol. The number of hydrogen-bond donors (Lipinski definition) is 6. The number of aliphatic hydroxyl groups is 2. The van der Waals surface area contributed by atoms with Crippen molar-refractivity contribution < 1.29 is 29.3 Å². The summed E-state index contributed by atoms with van der Waals surface area (Å²) < 4.78 is 5.16. The van der Waals surface area contributed by atoms with E-state index in [2.05, 4.69) is 27.5 Å². The van der Waals surface area contributed by atoms with E-state index in [0.29, 0.717) is 5.75 Å². The lowest BCUT2D eigenvalue weighted by Crippen LogP contribution is -2.78. The molecule has 5 rings (SSSR count). The van der Waals surface area contributed by atoms with Crippen LogP contribution in [-0.2, 0) is 9.59 Å². The minimum Gasteiger partial charge on any atom is -0.497 e. The van der Waals surface area contributed by atoms with E-state index in [4.69, 9.17) is 10.5 Å². The van der Waals surface area contributed by atoms with Gasteiger partial charge in [-0.2, -0.15) is 0 Å². The summed E-state index contributed by atoms with van der Waals surface area (Å²) >= 11 is 0. The molecule has 0 unspecified atom stereocenters. The van der Waals surface area contributed by atoms with Crippen LogP contribution in [0.5, 0.6) is 5.75 Å². The lowest BCUT2D eigenvalue weighted by atomic mass is 9.85. The zero-order valence-electron chi connectivity index (χ0n) is 19.0. The summed E-state index contributed by atoms with van der Waals surface area (Å²) in [4.78, 5) is 44.4. The van der Waals surface area contributed by atoms with Crippen LogP contribution in [0.25, 0.3) is 0 Å². The molecule has 7 N–H and O–H groups in total. The number of amides is 3. The lowest BCUT2D eigenvalue weighted by Gasteiger charge is -2.49. The van der Waals surface area contributed by atoms with Gasteiger partial charge in [0.05, 0.1) is 31.6 Å². The number of carbonyl (C=O) groups is 3. The minimum atomic E-state index is -2.56. The van der Waals surface area contributed by atoms with Gasteiger partial charge in [0.25, 0.3) is 5.91 Å². The van der Waals surface area contributed by atoms with E-state index in [1.165, 1.54) is 18.1 Å². The molecule has 3 amide bonds. The lowest BCUT2D eigenvalue weighted by molar-refractivity contribution is -0.231. The van der Waals surface area contributed by atoms with Gasteiger partial charge in [-0.1, -0.05) is 12.6 Å². The second-order valence-corrected chi connectivity index (χ2v) is 9.04. The van der Waals surface area contributed by atoms with Gasteiger partial charge in [0.1, 0.15) is 11.8 Å². The Hall–Kier alpha value is -3.84. The van der Waals surface area contributed by atoms with E-state index in [0.717, 1.165) is 4.90 Å². The summed E-state index contributed by atoms with van der Waals surface area (Å²) in [6, 6.07) is 3.62. The van der Waals surface area contributed by atoms with Crippen molar-refractivity contribution in [1.29, 1.82) is 0 Å². The summed E-state index contributed by atoms with van der Waals surface area (Å²) in [5, 5.41) is 31.7. The van der Waals surface area contributed by atoms with Gasteiger partial charge in [-0.25, -0.2) is 4.99 Å². The molecule has 1 aromatic rings. The molecular formula is C22H27N7O6. The molecule has 13 heteroatoms. The normalized spacial score (nSPS) is 30.9. The first-order chi connectivity index (χ1) is 16.6. The second kappa shape index (κ2) is 7.85. The highest BCUT2D eigenvalue weighted by atomic mass is 16.5. The summed E-state index contributed by atoms with van der Waals surface area (Å²) in [7, 11) is 1.48. The van der Waals surface area contributed by atoms with E-state index in [1.54, 1.807) is 18.2 Å². The number of likely N-dealkylation sites (tertiary alicyclic amines) is 1. The topological polar surface area (TPSA) is 182 Å². The molecule has 4 atom stereocenters. The Morgan fingerprint density at radius 2 is 2.06 bits per heavy atom. The minimum absolute atomic E-state index is 0.0278. The quantitative estimate of drug-likeness (QED) is 0.191. The fourth-order valence-electron chi connectivity index (χ4n) is 5.39. The number of methoxy groups -OCH3 is 1. The van der Waals surface area contributed by atoms with Crippen molar-refractivity contribution in [1.82, 2.24) is 25.8 Å². The van der Waals surface area contributed by atoms with E-state index in [-0.39, 0.29) is 55.1 Å². The standard InChI is InChI=1S/C22H27N7O6/c1-11-24-18-14(9-28-16(30)6-7-17(28)31)25-20(23)29-10-15(22(33,34)21(18,29)27-11)26-19(32)12-4-3-5-13(8-12)35-2/h3-5,8,14-15,18,24,27,33-34H,1,6-7,9-10H2,2H3,(H2,23,25)(H,26,32)/t14-,15-,18-,21-/m0/s1. The third-order valence-electron chi connectivity index (χ3n) is 7.08. The molecule has 35 heavy (non-hydrogen) atoms. The van der Waals surface area contributed by atoms with Crippen LogP contribution in [0.3, 0.4) is 0 Å². The summed E-state index contributed by atoms with van der Waals surface area (Å²) in [6.45, 7) is 3.70. The van der Waals surface area contributed by atoms with Crippen LogP contribution in [0.15, 0.2) is 41.7 Å². The fourth-order valence-corrected chi connectivity index (χ4v) is 5.39. The Kier molecular flexibility index (Phi) is 5.14. The first-order valence-electron chi connectivity index (χ1n) is 11.2. The molecule has 0 aromatic heterocycles. The Morgan fingerprint density at radius 3 is 2.74 bits per heavy atom. The number of guanidine groups is 1. The van der Waals surface area contributed by atoms with E-state index >= 15 is 0 Å². The molecule has 0 aliphatic carbocycles. The average Bonchev–Trinajstić information content (AvgIpc) is 3.42. The first-order valence-corrected chi connectivity index (χ1v) is 11.2. The molecule has 0 radical (unpaired) electrons. The number of benzene rings is 1. The number of rotatable bonds is 5. The van der Waals surface area contributed by atoms with E-state index < -0.39 is 35.5 Å². The Labute approximate surface area is 200 Å². The molecule has 186 valence electrons. The van der Waals surface area contributed by atoms with Gasteiger partial charge in [0.15, 0.2) is 11.6 Å². The zero-order chi connectivity index (χ0) is 25.1. The van der Waals surface area contributed by atoms with Crippen LogP contribution in [0.2, 0.25) is 0 Å². The number of ether oxygens (including phenoxy) is 1. The van der Waals surface area contributed by atoms with Gasteiger partial charge < -0.3 is 41.5 Å². The number of hydrogen-bond acceptors (Lipinski definition) is 11. The number of nitrogens with zero attached hydrogens (tertiary/aromatic N) is 3. The number of carbonyl (C=O) groups excluding carboxylic acids is 3. The van der Waals surface area contributed by atoms with Gasteiger partial charge in [-0.05, 0) is 18.2 Å². The Bertz CT molecular complexity index is 1140. The SMILES string of the molecule is C=C1N[C@H]2[C@H](CN3C(=O)CCC3=O)N=C(N)N3C[C@H](NC(=O)c4cccc(OC)c4)C(O)(O)[C@]23N1. The molecule has 4 heterocycles. The van der Waals surface area contributed by atoms with E-state index in [1.807, 2.05) is 0 Å². The Balaban J connectivity index is 1.46. The first kappa shape index (κ1) is 22.9. The maximum atomic E-state index is 13.0. The van der Waals surface area contributed by atoms with Gasteiger partial charge >= 0.3 is 0 Å². The van der Waals surface area contributed by atoms with Gasteiger partial charge in [-0.15, -0.1) is 0 Å². The van der Waals surface area contributed by atoms with Crippen LogP contribution in [-0.4, -0.2) is 93.5 Å². The molecule has 4 aliphatic heterocycles. The summed E-state index contributed by atoms with van der Waals surface area (Å²) in [5.41, 5.74) is 4.85. The number of aliphatic imine (C=N–C) groups is 1. The number of nitrogens with two attached hydrogens (primary N) is 1. The zero-order valence-corrected chi connectivity index (χ0v) is 19.0. The average molecular weight is 486 g/mol. The predicted molar refractivity (Wildman–Crippen MR) is 121 cm³/mol. The van der Waals surface area contributed by atoms with Gasteiger partial charge in [-0.3, -0.25) is 19.3 Å². The predicted octanol–water partition coefficient (Wildman–Crippen LogP) is -2.64. The molecule has 0 bridgehead atoms. The second-order valence-electron chi connectivity index (χ2n) is 9.04. The van der Waals surface area contributed by atoms with Crippen molar-refractivity contribution in [2.24, 2.45) is 10.7 Å². The van der Waals surface area contributed by atoms with Crippen LogP contribution in [0.1, 0.15) is 23.2 Å². The number of imide groups is 1. The van der Waals surface area contributed by atoms with Crippen molar-refractivity contribution >= 4 is 23.7 Å². The summed E-state index contributed by atoms with van der Waals surface area (Å²) in [5.74, 6) is -3.02. The fraction of sp³-hybridized carbons (Fsp3) is 0.455. The Morgan fingerprint density at radius 1 is 1.34 bits per heavy atom. The van der Waals surface area contributed by atoms with Crippen LogP contribution in [0.4, 0.5) is 0 Å². The number of nitrogens with one attached hydrogen (secondary N) is 3. The van der Waals surface area contributed by atoms with Crippen LogP contribution < -0.4 is 26.4 Å². The molecule has 3 fully saturated rings. The molecule has 4 aliphatic rings. The van der Waals surface area contributed by atoms with E-state index in [9.17, 15) is 24.6 Å². The van der Waals surface area contributed by atoms with Gasteiger partial charge in [0, 0.05) is 24.9 Å². The van der Waals surface area contributed by atoms with Crippen molar-refractivity contribution in [2.45, 2.75) is 42.4 Å². The maximum Gasteiger partial charge on any atom is 0.251 e. The molecule has 1 aromatic carbocycles. The third kappa shape index (κ3) is 3.30. The molecule has 0 saturated carbocycles. The van der Waals surface area contributed by atoms with Crippen molar-refractivity contribution in [3.63, 3.8) is 0 Å². The monoisotopic (exact) mass is 485 g/mol. The summed E-state index contributed by atoms with van der Waals surface area (Å²) in [6.07, 6.45) is 0.237. The highest BCUT2D eigenvalue weighted by Crippen LogP contribution is 2.44. The van der Waals surface area contributed by atoms with Crippen molar-refractivity contribution in [3.05, 3.63) is 42.2 Å². The van der Waals surface area contributed by atoms with Crippen molar-refractivity contribution in [2.75, 3.05) is 20.2 Å². The van der Waals surface area contributed by atoms with Gasteiger partial charge in [0.2, 0.25) is 17.6 Å². The third-order valence-corrected chi connectivity index (χ3v) is 7.08. The molecule has 13 nitrogen and oxygen atoms in total. The smallest absolute Gasteiger partial charge is 0.251 e. The van der Waals surface area contributed by atoms with Crippen molar-refractivity contribution in [3.8, 4) is 5.75 Å². The maximum absolute atomic E-state index is 13.0.